The number of amides is 1. The van der Waals surface area contributed by atoms with Crippen molar-refractivity contribution in [1.82, 2.24) is 0 Å². The first-order chi connectivity index (χ1) is 12.0. The summed E-state index contributed by atoms with van der Waals surface area (Å²) in [6, 6.07) is 6.70. The van der Waals surface area contributed by atoms with Gasteiger partial charge in [0, 0.05) is 0 Å². The molecule has 0 aliphatic carbocycles. The van der Waals surface area contributed by atoms with E-state index in [1.807, 2.05) is 6.07 Å². The fourth-order valence-electron chi connectivity index (χ4n) is 2.33. The molecule has 8 heteroatoms. The number of hydrogen-bond donors (Lipinski definition) is 1. The summed E-state index contributed by atoms with van der Waals surface area (Å²) < 4.78 is 20.3. The van der Waals surface area contributed by atoms with Crippen LogP contribution in [-0.2, 0) is 4.74 Å². The molecule has 1 amide bonds. The predicted octanol–water partition coefficient (Wildman–Crippen LogP) is 2.52. The van der Waals surface area contributed by atoms with Gasteiger partial charge in [-0.15, -0.1) is 0 Å². The van der Waals surface area contributed by atoms with E-state index in [1.165, 1.54) is 28.3 Å². The van der Waals surface area contributed by atoms with Crippen LogP contribution in [0.1, 0.15) is 32.0 Å². The van der Waals surface area contributed by atoms with Gasteiger partial charge in [-0.05, 0) is 19.1 Å². The van der Waals surface area contributed by atoms with E-state index in [1.54, 1.807) is 18.2 Å². The number of hydrogen-bond acceptors (Lipinski definition) is 7. The van der Waals surface area contributed by atoms with E-state index in [4.69, 9.17) is 13.9 Å². The van der Waals surface area contributed by atoms with Crippen LogP contribution in [0.15, 0.2) is 22.6 Å². The highest BCUT2D eigenvalue weighted by Gasteiger charge is 2.27. The Kier molecular flexibility index (Phi) is 5.29. The molecule has 0 spiro atoms. The van der Waals surface area contributed by atoms with Crippen molar-refractivity contribution in [2.75, 3.05) is 26.6 Å². The van der Waals surface area contributed by atoms with Crippen molar-refractivity contribution in [3.8, 4) is 17.6 Å². The summed E-state index contributed by atoms with van der Waals surface area (Å²) >= 11 is 0. The van der Waals surface area contributed by atoms with Crippen molar-refractivity contribution < 1.29 is 28.2 Å². The molecule has 1 heterocycles. The molecule has 0 radical (unpaired) electrons. The molecular weight excluding hydrogens is 328 g/mol. The van der Waals surface area contributed by atoms with Crippen molar-refractivity contribution in [2.24, 2.45) is 0 Å². The number of rotatable bonds is 5. The molecule has 0 aliphatic heterocycles. The third-order valence-corrected chi connectivity index (χ3v) is 3.47. The minimum atomic E-state index is -0.729. The van der Waals surface area contributed by atoms with Gasteiger partial charge in [0.25, 0.3) is 5.91 Å². The first-order valence-corrected chi connectivity index (χ1v) is 7.12. The zero-order valence-electron chi connectivity index (χ0n) is 14.1. The SMILES string of the molecule is COC(=O)c1c(C)oc(NC(=O)c2c(OC)cccc2OC)c1C#N. The maximum absolute atomic E-state index is 12.6. The molecule has 0 saturated carbocycles. The van der Waals surface area contributed by atoms with E-state index in [9.17, 15) is 14.9 Å². The summed E-state index contributed by atoms with van der Waals surface area (Å²) in [5.74, 6) is -0.771. The Morgan fingerprint density at radius 2 is 1.72 bits per heavy atom. The van der Waals surface area contributed by atoms with E-state index in [-0.39, 0.29) is 39.8 Å². The lowest BCUT2D eigenvalue weighted by Crippen LogP contribution is -2.15. The number of carbonyl (C=O) groups is 2. The average molecular weight is 344 g/mol. The lowest BCUT2D eigenvalue weighted by Gasteiger charge is -2.12. The van der Waals surface area contributed by atoms with Crippen LogP contribution in [-0.4, -0.2) is 33.2 Å². The quantitative estimate of drug-likeness (QED) is 0.830. The standard InChI is InChI=1S/C17H16N2O6/c1-9-13(17(21)24-4)10(8-18)16(25-9)19-15(20)14-11(22-2)6-5-7-12(14)23-3/h5-7H,1-4H3,(H,19,20). The molecule has 0 atom stereocenters. The Morgan fingerprint density at radius 3 is 2.20 bits per heavy atom. The molecule has 2 aromatic rings. The minimum absolute atomic E-state index is 0.0349. The number of benzene rings is 1. The molecule has 1 aromatic carbocycles. The van der Waals surface area contributed by atoms with E-state index in [0.717, 1.165) is 0 Å². The van der Waals surface area contributed by atoms with Gasteiger partial charge in [0.15, 0.2) is 0 Å². The molecule has 130 valence electrons. The number of carbonyl (C=O) groups excluding carboxylic acids is 2. The Bertz CT molecular complexity index is 841. The molecule has 25 heavy (non-hydrogen) atoms. The first-order valence-electron chi connectivity index (χ1n) is 7.12. The van der Waals surface area contributed by atoms with Crippen molar-refractivity contribution in [2.45, 2.75) is 6.92 Å². The zero-order chi connectivity index (χ0) is 18.6. The summed E-state index contributed by atoms with van der Waals surface area (Å²) in [6.45, 7) is 1.49. The molecule has 0 bridgehead atoms. The van der Waals surface area contributed by atoms with Crippen molar-refractivity contribution in [3.05, 3.63) is 40.6 Å². The van der Waals surface area contributed by atoms with Crippen LogP contribution in [0.3, 0.4) is 0 Å². The molecule has 1 aromatic heterocycles. The monoisotopic (exact) mass is 344 g/mol. The lowest BCUT2D eigenvalue weighted by molar-refractivity contribution is 0.0598. The Balaban J connectivity index is 2.47. The third kappa shape index (κ3) is 3.26. The Morgan fingerprint density at radius 1 is 1.12 bits per heavy atom. The molecular formula is C17H16N2O6. The van der Waals surface area contributed by atoms with Crippen LogP contribution >= 0.6 is 0 Å². The smallest absolute Gasteiger partial charge is 0.342 e. The van der Waals surface area contributed by atoms with Crippen LogP contribution in [0.2, 0.25) is 0 Å². The van der Waals surface area contributed by atoms with Crippen LogP contribution < -0.4 is 14.8 Å². The maximum atomic E-state index is 12.6. The molecule has 1 N–H and O–H groups in total. The summed E-state index contributed by atoms with van der Waals surface area (Å²) in [5.41, 5.74) is -0.0242. The summed E-state index contributed by atoms with van der Waals surface area (Å²) in [6.07, 6.45) is 0. The molecule has 0 fully saturated rings. The summed E-state index contributed by atoms with van der Waals surface area (Å²) in [4.78, 5) is 24.4. The highest BCUT2D eigenvalue weighted by molar-refractivity contribution is 6.09. The summed E-state index contributed by atoms with van der Waals surface area (Å²) in [5, 5.41) is 11.8. The number of nitrogens with zero attached hydrogens (tertiary/aromatic N) is 1. The highest BCUT2D eigenvalue weighted by Crippen LogP contribution is 2.31. The van der Waals surface area contributed by atoms with Crippen LogP contribution in [0.25, 0.3) is 0 Å². The number of methoxy groups -OCH3 is 3. The van der Waals surface area contributed by atoms with E-state index < -0.39 is 11.9 Å². The number of nitrogens with one attached hydrogen (secondary N) is 1. The molecule has 2 rings (SSSR count). The highest BCUT2D eigenvalue weighted by atomic mass is 16.5. The summed E-state index contributed by atoms with van der Waals surface area (Å²) in [7, 11) is 4.02. The molecule has 0 unspecified atom stereocenters. The zero-order valence-corrected chi connectivity index (χ0v) is 14.1. The van der Waals surface area contributed by atoms with Gasteiger partial charge in [-0.25, -0.2) is 4.79 Å². The number of anilines is 1. The third-order valence-electron chi connectivity index (χ3n) is 3.47. The fourth-order valence-corrected chi connectivity index (χ4v) is 2.33. The number of furan rings is 1. The van der Waals surface area contributed by atoms with Gasteiger partial charge in [0.05, 0.1) is 21.3 Å². The van der Waals surface area contributed by atoms with Gasteiger partial charge < -0.3 is 18.6 Å². The topological polar surface area (TPSA) is 111 Å². The number of ether oxygens (including phenoxy) is 3. The maximum Gasteiger partial charge on any atom is 0.342 e. The van der Waals surface area contributed by atoms with Gasteiger partial charge in [-0.3, -0.25) is 10.1 Å². The molecule has 8 nitrogen and oxygen atoms in total. The van der Waals surface area contributed by atoms with Crippen molar-refractivity contribution in [1.29, 1.82) is 5.26 Å². The number of aryl methyl sites for hydroxylation is 1. The number of nitriles is 1. The predicted molar refractivity (Wildman–Crippen MR) is 87.0 cm³/mol. The number of esters is 1. The van der Waals surface area contributed by atoms with Gasteiger partial charge >= 0.3 is 5.97 Å². The second kappa shape index (κ2) is 7.40. The molecule has 0 saturated heterocycles. The van der Waals surface area contributed by atoms with E-state index in [0.29, 0.717) is 0 Å². The lowest BCUT2D eigenvalue weighted by atomic mass is 10.1. The molecule has 0 aliphatic rings. The van der Waals surface area contributed by atoms with Crippen molar-refractivity contribution >= 4 is 17.8 Å². The van der Waals surface area contributed by atoms with Crippen LogP contribution in [0, 0.1) is 18.3 Å². The second-order valence-electron chi connectivity index (χ2n) is 4.83. The van der Waals surface area contributed by atoms with E-state index in [2.05, 4.69) is 10.1 Å². The van der Waals surface area contributed by atoms with Crippen LogP contribution in [0.5, 0.6) is 11.5 Å². The van der Waals surface area contributed by atoms with Gasteiger partial charge in [-0.2, -0.15) is 5.26 Å². The largest absolute Gasteiger partial charge is 0.496 e. The van der Waals surface area contributed by atoms with E-state index >= 15 is 0 Å². The normalized spacial score (nSPS) is 9.88. The van der Waals surface area contributed by atoms with Gasteiger partial charge in [-0.1, -0.05) is 6.07 Å². The van der Waals surface area contributed by atoms with Crippen molar-refractivity contribution in [3.63, 3.8) is 0 Å². The Hall–Kier alpha value is -3.47. The average Bonchev–Trinajstić information content (AvgIpc) is 2.94. The first kappa shape index (κ1) is 17.9. The Labute approximate surface area is 143 Å². The fraction of sp³-hybridized carbons (Fsp3) is 0.235. The van der Waals surface area contributed by atoms with Gasteiger partial charge in [0.1, 0.15) is 40.0 Å². The minimum Gasteiger partial charge on any atom is -0.496 e. The van der Waals surface area contributed by atoms with Gasteiger partial charge in [0.2, 0.25) is 5.88 Å². The van der Waals surface area contributed by atoms with Crippen LogP contribution in [0.4, 0.5) is 5.88 Å². The second-order valence-corrected chi connectivity index (χ2v) is 4.83.